The molecule has 0 radical (unpaired) electrons. The van der Waals surface area contributed by atoms with Gasteiger partial charge in [0.15, 0.2) is 0 Å². The predicted octanol–water partition coefficient (Wildman–Crippen LogP) is 4.09. The molecule has 1 aliphatic carbocycles. The Morgan fingerprint density at radius 2 is 1.89 bits per heavy atom. The van der Waals surface area contributed by atoms with Crippen molar-refractivity contribution in [1.29, 1.82) is 0 Å². The Kier molecular flexibility index (Phi) is 3.78. The summed E-state index contributed by atoms with van der Waals surface area (Å²) >= 11 is 0. The molecule has 1 fully saturated rings. The number of nitrogens with one attached hydrogen (secondary N) is 1. The van der Waals surface area contributed by atoms with Crippen molar-refractivity contribution in [2.75, 3.05) is 5.32 Å². The van der Waals surface area contributed by atoms with E-state index < -0.39 is 11.7 Å². The molecule has 0 spiro atoms. The monoisotopic (exact) mass is 258 g/mol. The van der Waals surface area contributed by atoms with E-state index in [9.17, 15) is 13.2 Å². The van der Waals surface area contributed by atoms with E-state index in [1.165, 1.54) is 12.3 Å². The van der Waals surface area contributed by atoms with Crippen LogP contribution in [0.2, 0.25) is 0 Å². The summed E-state index contributed by atoms with van der Waals surface area (Å²) in [6.07, 6.45) is 0.989. The highest BCUT2D eigenvalue weighted by Gasteiger charge is 2.34. The highest BCUT2D eigenvalue weighted by Crippen LogP contribution is 2.35. The molecule has 0 unspecified atom stereocenters. The van der Waals surface area contributed by atoms with E-state index in [0.29, 0.717) is 5.92 Å². The molecule has 1 N–H and O–H groups in total. The molecule has 100 valence electrons. The number of alkyl halides is 3. The zero-order valence-electron chi connectivity index (χ0n) is 10.3. The Labute approximate surface area is 105 Å². The number of aromatic nitrogens is 1. The van der Waals surface area contributed by atoms with Crippen molar-refractivity contribution in [1.82, 2.24) is 4.98 Å². The summed E-state index contributed by atoms with van der Waals surface area (Å²) in [5.41, 5.74) is -0.677. The van der Waals surface area contributed by atoms with Gasteiger partial charge in [-0.3, -0.25) is 0 Å². The molecule has 1 saturated carbocycles. The molecule has 0 amide bonds. The quantitative estimate of drug-likeness (QED) is 0.864. The Morgan fingerprint density at radius 3 is 2.50 bits per heavy atom. The lowest BCUT2D eigenvalue weighted by molar-refractivity contribution is -0.137. The third-order valence-electron chi connectivity index (χ3n) is 3.47. The Bertz CT molecular complexity index is 395. The number of nitrogens with zero attached hydrogens (tertiary/aromatic N) is 1. The van der Waals surface area contributed by atoms with Crippen molar-refractivity contribution in [2.45, 2.75) is 44.8 Å². The SMILES string of the molecule is CC1CCC(Nc2ncccc2C(F)(F)F)CC1. The Hall–Kier alpha value is -1.26. The van der Waals surface area contributed by atoms with Gasteiger partial charge >= 0.3 is 6.18 Å². The number of hydrogen-bond donors (Lipinski definition) is 1. The van der Waals surface area contributed by atoms with Gasteiger partial charge in [0, 0.05) is 12.2 Å². The summed E-state index contributed by atoms with van der Waals surface area (Å²) in [5, 5.41) is 2.95. The van der Waals surface area contributed by atoms with Crippen LogP contribution in [-0.4, -0.2) is 11.0 Å². The molecule has 1 heterocycles. The van der Waals surface area contributed by atoms with Crippen LogP contribution in [0.3, 0.4) is 0 Å². The predicted molar refractivity (Wildman–Crippen MR) is 64.3 cm³/mol. The molecule has 0 aromatic carbocycles. The van der Waals surface area contributed by atoms with Crippen molar-refractivity contribution in [2.24, 2.45) is 5.92 Å². The average Bonchev–Trinajstić information content (AvgIpc) is 2.31. The molecule has 2 rings (SSSR count). The molecule has 0 bridgehead atoms. The van der Waals surface area contributed by atoms with Crippen molar-refractivity contribution in [3.8, 4) is 0 Å². The molecule has 2 nitrogen and oxygen atoms in total. The third kappa shape index (κ3) is 3.15. The highest BCUT2D eigenvalue weighted by atomic mass is 19.4. The number of anilines is 1. The zero-order chi connectivity index (χ0) is 13.2. The van der Waals surface area contributed by atoms with Crippen LogP contribution in [-0.2, 0) is 6.18 Å². The van der Waals surface area contributed by atoms with Crippen LogP contribution in [0, 0.1) is 5.92 Å². The van der Waals surface area contributed by atoms with E-state index in [1.54, 1.807) is 0 Å². The zero-order valence-corrected chi connectivity index (χ0v) is 10.3. The van der Waals surface area contributed by atoms with Crippen molar-refractivity contribution in [3.05, 3.63) is 23.9 Å². The summed E-state index contributed by atoms with van der Waals surface area (Å²) in [5.74, 6) is 0.637. The van der Waals surface area contributed by atoms with Gasteiger partial charge in [0.1, 0.15) is 5.82 Å². The molecule has 0 saturated heterocycles. The van der Waals surface area contributed by atoms with Gasteiger partial charge in [0.25, 0.3) is 0 Å². The molecular weight excluding hydrogens is 241 g/mol. The second-order valence-corrected chi connectivity index (χ2v) is 5.00. The largest absolute Gasteiger partial charge is 0.419 e. The molecule has 18 heavy (non-hydrogen) atoms. The van der Waals surface area contributed by atoms with Crippen LogP contribution in [0.1, 0.15) is 38.2 Å². The van der Waals surface area contributed by atoms with E-state index in [2.05, 4.69) is 17.2 Å². The summed E-state index contributed by atoms with van der Waals surface area (Å²) in [6.45, 7) is 2.18. The van der Waals surface area contributed by atoms with Gasteiger partial charge in [-0.25, -0.2) is 4.98 Å². The molecule has 1 aliphatic rings. The van der Waals surface area contributed by atoms with E-state index in [0.717, 1.165) is 31.7 Å². The molecule has 1 aromatic rings. The van der Waals surface area contributed by atoms with Crippen LogP contribution >= 0.6 is 0 Å². The minimum atomic E-state index is -4.35. The first-order chi connectivity index (χ1) is 8.47. The van der Waals surface area contributed by atoms with Gasteiger partial charge < -0.3 is 5.32 Å². The summed E-state index contributed by atoms with van der Waals surface area (Å²) in [6, 6.07) is 2.50. The highest BCUT2D eigenvalue weighted by molar-refractivity contribution is 5.46. The first-order valence-electron chi connectivity index (χ1n) is 6.25. The minimum Gasteiger partial charge on any atom is -0.367 e. The van der Waals surface area contributed by atoms with E-state index >= 15 is 0 Å². The fourth-order valence-electron chi connectivity index (χ4n) is 2.35. The van der Waals surface area contributed by atoms with Crippen LogP contribution in [0.4, 0.5) is 19.0 Å². The van der Waals surface area contributed by atoms with Gasteiger partial charge in [-0.15, -0.1) is 0 Å². The Morgan fingerprint density at radius 1 is 1.22 bits per heavy atom. The van der Waals surface area contributed by atoms with Crippen LogP contribution in [0.5, 0.6) is 0 Å². The number of halogens is 3. The molecular formula is C13H17F3N2. The molecule has 1 aromatic heterocycles. The number of hydrogen-bond acceptors (Lipinski definition) is 2. The smallest absolute Gasteiger partial charge is 0.367 e. The number of rotatable bonds is 2. The second-order valence-electron chi connectivity index (χ2n) is 5.00. The van der Waals surface area contributed by atoms with Gasteiger partial charge in [-0.1, -0.05) is 6.92 Å². The lowest BCUT2D eigenvalue weighted by atomic mass is 9.87. The average molecular weight is 258 g/mol. The van der Waals surface area contributed by atoms with Crippen molar-refractivity contribution < 1.29 is 13.2 Å². The number of pyridine rings is 1. The fraction of sp³-hybridized carbons (Fsp3) is 0.615. The Balaban J connectivity index is 2.10. The maximum absolute atomic E-state index is 12.8. The lowest BCUT2D eigenvalue weighted by Crippen LogP contribution is -2.27. The minimum absolute atomic E-state index is 0.0375. The van der Waals surface area contributed by atoms with E-state index in [1.807, 2.05) is 0 Å². The van der Waals surface area contributed by atoms with Gasteiger partial charge in [-0.05, 0) is 43.7 Å². The van der Waals surface area contributed by atoms with Gasteiger partial charge in [-0.2, -0.15) is 13.2 Å². The molecule has 0 atom stereocenters. The summed E-state index contributed by atoms with van der Waals surface area (Å²) in [7, 11) is 0. The van der Waals surface area contributed by atoms with Crippen molar-refractivity contribution >= 4 is 5.82 Å². The van der Waals surface area contributed by atoms with E-state index in [-0.39, 0.29) is 11.9 Å². The van der Waals surface area contributed by atoms with Crippen molar-refractivity contribution in [3.63, 3.8) is 0 Å². The third-order valence-corrected chi connectivity index (χ3v) is 3.47. The first kappa shape index (κ1) is 13.2. The summed E-state index contributed by atoms with van der Waals surface area (Å²) < 4.78 is 38.4. The molecule has 5 heteroatoms. The standard InChI is InChI=1S/C13H17F3N2/c1-9-4-6-10(7-5-9)18-12-11(13(14,15)16)3-2-8-17-12/h2-3,8-10H,4-7H2,1H3,(H,17,18). The van der Waals surface area contributed by atoms with Crippen LogP contribution < -0.4 is 5.32 Å². The normalized spacial score (nSPS) is 24.9. The van der Waals surface area contributed by atoms with Gasteiger partial charge in [0.2, 0.25) is 0 Å². The second kappa shape index (κ2) is 5.16. The van der Waals surface area contributed by atoms with Crippen LogP contribution in [0.15, 0.2) is 18.3 Å². The fourth-order valence-corrected chi connectivity index (χ4v) is 2.35. The lowest BCUT2D eigenvalue weighted by Gasteiger charge is -2.28. The first-order valence-corrected chi connectivity index (χ1v) is 6.25. The van der Waals surface area contributed by atoms with Crippen LogP contribution in [0.25, 0.3) is 0 Å². The molecule has 0 aliphatic heterocycles. The van der Waals surface area contributed by atoms with E-state index in [4.69, 9.17) is 0 Å². The van der Waals surface area contributed by atoms with Gasteiger partial charge in [0.05, 0.1) is 5.56 Å². The topological polar surface area (TPSA) is 24.9 Å². The maximum Gasteiger partial charge on any atom is 0.419 e. The summed E-state index contributed by atoms with van der Waals surface area (Å²) in [4.78, 5) is 3.83. The maximum atomic E-state index is 12.8.